The number of aromatic nitrogens is 1. The Bertz CT molecular complexity index is 1570. The van der Waals surface area contributed by atoms with Crippen LogP contribution in [-0.4, -0.2) is 53.6 Å². The van der Waals surface area contributed by atoms with Crippen LogP contribution >= 0.6 is 0 Å². The van der Waals surface area contributed by atoms with Crippen molar-refractivity contribution in [2.75, 3.05) is 19.6 Å². The Morgan fingerprint density at radius 2 is 1.58 bits per heavy atom. The SMILES string of the molecule is CC1C(Cc2cccnc2)N[C@H](CNC(=O)c2ccc3ccccc3c2)CCN1CC(c1ccccc1)c1ccccc1. The summed E-state index contributed by atoms with van der Waals surface area (Å²) in [7, 11) is 0. The van der Waals surface area contributed by atoms with Crippen LogP contribution in [0, 0.1) is 0 Å². The van der Waals surface area contributed by atoms with Crippen molar-refractivity contribution in [3.8, 4) is 0 Å². The number of amides is 1. The molecule has 1 saturated heterocycles. The van der Waals surface area contributed by atoms with Crippen molar-refractivity contribution in [2.24, 2.45) is 0 Å². The third-order valence-electron chi connectivity index (χ3n) is 8.89. The predicted molar refractivity (Wildman–Crippen MR) is 175 cm³/mol. The summed E-state index contributed by atoms with van der Waals surface area (Å²) < 4.78 is 0. The standard InChI is InChI=1S/C38H40N4O/c1-28-37(23-29-11-10-21-39-25-29)41-35(26-40-38(43)34-19-18-30-12-8-9-17-33(30)24-34)20-22-42(28)27-36(31-13-4-2-5-14-31)32-15-6-3-7-16-32/h2-19,21,24-25,28,35-37,41H,20,22-23,26-27H2,1H3,(H,40,43)/t28?,35-,37?/m0/s1. The summed E-state index contributed by atoms with van der Waals surface area (Å²) in [6.45, 7) is 4.80. The Morgan fingerprint density at radius 1 is 0.884 bits per heavy atom. The van der Waals surface area contributed by atoms with Crippen LogP contribution in [0.2, 0.25) is 0 Å². The third-order valence-corrected chi connectivity index (χ3v) is 8.89. The molecule has 0 bridgehead atoms. The van der Waals surface area contributed by atoms with E-state index in [-0.39, 0.29) is 30.0 Å². The molecular weight excluding hydrogens is 528 g/mol. The molecular formula is C38H40N4O. The first-order chi connectivity index (χ1) is 21.1. The minimum Gasteiger partial charge on any atom is -0.350 e. The van der Waals surface area contributed by atoms with Crippen LogP contribution in [0.5, 0.6) is 0 Å². The molecule has 218 valence electrons. The van der Waals surface area contributed by atoms with Crippen molar-refractivity contribution in [1.29, 1.82) is 0 Å². The molecule has 0 saturated carbocycles. The van der Waals surface area contributed by atoms with E-state index in [4.69, 9.17) is 0 Å². The van der Waals surface area contributed by atoms with Gasteiger partial charge in [0.15, 0.2) is 0 Å². The van der Waals surface area contributed by atoms with E-state index in [1.54, 1.807) is 0 Å². The first-order valence-electron chi connectivity index (χ1n) is 15.4. The number of fused-ring (bicyclic) bond motifs is 1. The van der Waals surface area contributed by atoms with Gasteiger partial charge in [0.05, 0.1) is 0 Å². The number of nitrogens with zero attached hydrogens (tertiary/aromatic N) is 2. The van der Waals surface area contributed by atoms with Crippen LogP contribution in [0.15, 0.2) is 128 Å². The van der Waals surface area contributed by atoms with Crippen LogP contribution in [0.4, 0.5) is 0 Å². The zero-order valence-corrected chi connectivity index (χ0v) is 24.8. The smallest absolute Gasteiger partial charge is 0.251 e. The number of hydrogen-bond donors (Lipinski definition) is 2. The molecule has 5 heteroatoms. The van der Waals surface area contributed by atoms with E-state index in [0.29, 0.717) is 12.1 Å². The fourth-order valence-electron chi connectivity index (χ4n) is 6.38. The van der Waals surface area contributed by atoms with Crippen LogP contribution < -0.4 is 10.6 Å². The largest absolute Gasteiger partial charge is 0.350 e. The summed E-state index contributed by atoms with van der Waals surface area (Å²) in [5, 5.41) is 9.40. The summed E-state index contributed by atoms with van der Waals surface area (Å²) >= 11 is 0. The summed E-state index contributed by atoms with van der Waals surface area (Å²) in [6.07, 6.45) is 5.62. The van der Waals surface area contributed by atoms with Crippen molar-refractivity contribution >= 4 is 16.7 Å². The molecule has 1 amide bonds. The summed E-state index contributed by atoms with van der Waals surface area (Å²) in [4.78, 5) is 20.2. The van der Waals surface area contributed by atoms with E-state index in [1.165, 1.54) is 16.7 Å². The fraction of sp³-hybridized carbons (Fsp3) is 0.263. The van der Waals surface area contributed by atoms with Gasteiger partial charge in [0.1, 0.15) is 0 Å². The number of nitrogens with one attached hydrogen (secondary N) is 2. The molecule has 4 aromatic carbocycles. The highest BCUT2D eigenvalue weighted by molar-refractivity contribution is 5.98. The van der Waals surface area contributed by atoms with Gasteiger partial charge in [-0.25, -0.2) is 0 Å². The van der Waals surface area contributed by atoms with Gasteiger partial charge in [-0.15, -0.1) is 0 Å². The number of pyridine rings is 1. The zero-order valence-electron chi connectivity index (χ0n) is 24.8. The molecule has 3 atom stereocenters. The first kappa shape index (κ1) is 28.8. The number of benzene rings is 4. The van der Waals surface area contributed by atoms with Crippen molar-refractivity contribution in [2.45, 2.75) is 43.8 Å². The van der Waals surface area contributed by atoms with Gasteiger partial charge in [-0.1, -0.05) is 97.1 Å². The van der Waals surface area contributed by atoms with Gasteiger partial charge in [0.2, 0.25) is 0 Å². The van der Waals surface area contributed by atoms with Gasteiger partial charge in [0.25, 0.3) is 5.91 Å². The lowest BCUT2D eigenvalue weighted by molar-refractivity contribution is 0.0948. The molecule has 0 aliphatic carbocycles. The molecule has 1 fully saturated rings. The lowest BCUT2D eigenvalue weighted by Crippen LogP contribution is -2.51. The maximum atomic E-state index is 13.2. The molecule has 2 heterocycles. The molecule has 6 rings (SSSR count). The van der Waals surface area contributed by atoms with Crippen LogP contribution in [0.1, 0.15) is 46.3 Å². The van der Waals surface area contributed by atoms with Crippen LogP contribution in [-0.2, 0) is 6.42 Å². The van der Waals surface area contributed by atoms with E-state index in [2.05, 4.69) is 106 Å². The summed E-state index contributed by atoms with van der Waals surface area (Å²) in [5.41, 5.74) is 4.58. The Balaban J connectivity index is 1.21. The van der Waals surface area contributed by atoms with E-state index in [9.17, 15) is 4.79 Å². The minimum atomic E-state index is -0.0290. The zero-order chi connectivity index (χ0) is 29.4. The molecule has 5 nitrogen and oxygen atoms in total. The average molecular weight is 569 g/mol. The number of hydrogen-bond acceptors (Lipinski definition) is 4. The molecule has 1 aliphatic rings. The highest BCUT2D eigenvalue weighted by atomic mass is 16.1. The Labute approximate surface area is 255 Å². The molecule has 0 spiro atoms. The van der Waals surface area contributed by atoms with Crippen LogP contribution in [0.25, 0.3) is 10.8 Å². The van der Waals surface area contributed by atoms with Gasteiger partial charge >= 0.3 is 0 Å². The lowest BCUT2D eigenvalue weighted by atomic mass is 9.90. The highest BCUT2D eigenvalue weighted by Gasteiger charge is 2.32. The quantitative estimate of drug-likeness (QED) is 0.214. The minimum absolute atomic E-state index is 0.0290. The van der Waals surface area contributed by atoms with E-state index in [1.807, 2.05) is 48.8 Å². The Hall–Kier alpha value is -4.32. The van der Waals surface area contributed by atoms with Gasteiger partial charge in [-0.3, -0.25) is 14.7 Å². The Morgan fingerprint density at radius 3 is 2.28 bits per heavy atom. The molecule has 2 unspecified atom stereocenters. The van der Waals surface area contributed by atoms with Crippen molar-refractivity contribution in [1.82, 2.24) is 20.5 Å². The second kappa shape index (κ2) is 13.8. The molecule has 43 heavy (non-hydrogen) atoms. The van der Waals surface area contributed by atoms with Gasteiger partial charge < -0.3 is 10.6 Å². The third kappa shape index (κ3) is 7.19. The topological polar surface area (TPSA) is 57.3 Å². The van der Waals surface area contributed by atoms with E-state index < -0.39 is 0 Å². The normalized spacial score (nSPS) is 19.3. The van der Waals surface area contributed by atoms with Crippen molar-refractivity contribution in [3.05, 3.63) is 150 Å². The molecule has 0 radical (unpaired) electrons. The number of carbonyl (C=O) groups excluding carboxylic acids is 1. The van der Waals surface area contributed by atoms with E-state index in [0.717, 1.165) is 36.7 Å². The van der Waals surface area contributed by atoms with Crippen LogP contribution in [0.3, 0.4) is 0 Å². The number of carbonyl (C=O) groups is 1. The lowest BCUT2D eigenvalue weighted by Gasteiger charge is -2.35. The van der Waals surface area contributed by atoms with Gasteiger partial charge in [-0.05, 0) is 65.4 Å². The predicted octanol–water partition coefficient (Wildman–Crippen LogP) is 6.46. The summed E-state index contributed by atoms with van der Waals surface area (Å²) in [5.74, 6) is 0.242. The molecule has 1 aliphatic heterocycles. The highest BCUT2D eigenvalue weighted by Crippen LogP contribution is 2.28. The van der Waals surface area contributed by atoms with Crippen molar-refractivity contribution in [3.63, 3.8) is 0 Å². The molecule has 5 aromatic rings. The molecule has 1 aromatic heterocycles. The maximum Gasteiger partial charge on any atom is 0.251 e. The number of rotatable bonds is 9. The first-order valence-corrected chi connectivity index (χ1v) is 15.4. The second-order valence-electron chi connectivity index (χ2n) is 11.7. The second-order valence-corrected chi connectivity index (χ2v) is 11.7. The van der Waals surface area contributed by atoms with Gasteiger partial charge in [-0.2, -0.15) is 0 Å². The molecule has 2 N–H and O–H groups in total. The van der Waals surface area contributed by atoms with Gasteiger partial charge in [0, 0.05) is 61.6 Å². The monoisotopic (exact) mass is 568 g/mol. The fourth-order valence-corrected chi connectivity index (χ4v) is 6.38. The summed E-state index contributed by atoms with van der Waals surface area (Å²) in [6, 6.07) is 40.6. The maximum absolute atomic E-state index is 13.2. The Kier molecular flexibility index (Phi) is 9.22. The van der Waals surface area contributed by atoms with E-state index >= 15 is 0 Å². The average Bonchev–Trinajstić information content (AvgIpc) is 3.21. The van der Waals surface area contributed by atoms with Crippen molar-refractivity contribution < 1.29 is 4.79 Å².